The first-order chi connectivity index (χ1) is 10.3. The lowest BCUT2D eigenvalue weighted by Crippen LogP contribution is -2.34. The number of alkyl carbamates (subject to hydrolysis) is 1. The van der Waals surface area contributed by atoms with Crippen LogP contribution in [0.3, 0.4) is 0 Å². The van der Waals surface area contributed by atoms with Crippen molar-refractivity contribution in [2.75, 3.05) is 6.54 Å². The zero-order valence-electron chi connectivity index (χ0n) is 13.8. The molecule has 1 aromatic carbocycles. The van der Waals surface area contributed by atoms with Gasteiger partial charge in [0.25, 0.3) is 0 Å². The normalized spacial score (nSPS) is 13.1. The van der Waals surface area contributed by atoms with E-state index < -0.39 is 5.60 Å². The largest absolute Gasteiger partial charge is 0.444 e. The van der Waals surface area contributed by atoms with E-state index in [-0.39, 0.29) is 6.09 Å². The van der Waals surface area contributed by atoms with E-state index in [9.17, 15) is 4.79 Å². The summed E-state index contributed by atoms with van der Waals surface area (Å²) in [5.41, 5.74) is 1.61. The molecule has 5 heteroatoms. The molecule has 1 atom stereocenters. The fourth-order valence-electron chi connectivity index (χ4n) is 2.18. The van der Waals surface area contributed by atoms with Gasteiger partial charge in [-0.25, -0.2) is 9.78 Å². The SMILES string of the molecule is CC(CCc1nc2ccccc2[nH]1)CNC(=O)OC(C)(C)C. The number of carbonyl (C=O) groups excluding carboxylic acids is 1. The van der Waals surface area contributed by atoms with Crippen LogP contribution in [-0.2, 0) is 11.2 Å². The summed E-state index contributed by atoms with van der Waals surface area (Å²) in [6.07, 6.45) is 1.46. The fraction of sp³-hybridized carbons (Fsp3) is 0.529. The molecular weight excluding hydrogens is 278 g/mol. The topological polar surface area (TPSA) is 67.0 Å². The lowest BCUT2D eigenvalue weighted by molar-refractivity contribution is 0.0520. The van der Waals surface area contributed by atoms with Crippen molar-refractivity contribution in [1.29, 1.82) is 0 Å². The number of amides is 1. The highest BCUT2D eigenvalue weighted by Gasteiger charge is 2.16. The molecular formula is C17H25N3O2. The van der Waals surface area contributed by atoms with Gasteiger partial charge in [0.05, 0.1) is 11.0 Å². The Bertz CT molecular complexity index is 595. The number of aryl methyl sites for hydroxylation is 1. The average Bonchev–Trinajstić information content (AvgIpc) is 2.84. The molecule has 0 bridgehead atoms. The number of H-pyrrole nitrogens is 1. The molecule has 0 aliphatic carbocycles. The van der Waals surface area contributed by atoms with Crippen LogP contribution in [0.25, 0.3) is 11.0 Å². The summed E-state index contributed by atoms with van der Waals surface area (Å²) >= 11 is 0. The molecule has 2 N–H and O–H groups in total. The van der Waals surface area contributed by atoms with Crippen LogP contribution in [0.4, 0.5) is 4.79 Å². The third-order valence-corrected chi connectivity index (χ3v) is 3.31. The molecule has 5 nitrogen and oxygen atoms in total. The smallest absolute Gasteiger partial charge is 0.407 e. The molecule has 0 fully saturated rings. The predicted octanol–water partition coefficient (Wildman–Crippen LogP) is 3.66. The molecule has 0 saturated carbocycles. The summed E-state index contributed by atoms with van der Waals surface area (Å²) in [7, 11) is 0. The average molecular weight is 303 g/mol. The van der Waals surface area contributed by atoms with Gasteiger partial charge in [-0.15, -0.1) is 0 Å². The number of ether oxygens (including phenoxy) is 1. The highest BCUT2D eigenvalue weighted by atomic mass is 16.6. The van der Waals surface area contributed by atoms with Gasteiger partial charge in [0.1, 0.15) is 11.4 Å². The van der Waals surface area contributed by atoms with Gasteiger partial charge in [-0.05, 0) is 45.2 Å². The first kappa shape index (κ1) is 16.3. The molecule has 1 unspecified atom stereocenters. The number of nitrogens with zero attached hydrogens (tertiary/aromatic N) is 1. The minimum atomic E-state index is -0.457. The van der Waals surface area contributed by atoms with Crippen molar-refractivity contribution < 1.29 is 9.53 Å². The molecule has 1 heterocycles. The third-order valence-electron chi connectivity index (χ3n) is 3.31. The maximum absolute atomic E-state index is 11.6. The lowest BCUT2D eigenvalue weighted by Gasteiger charge is -2.20. The summed E-state index contributed by atoms with van der Waals surface area (Å²) in [5.74, 6) is 1.35. The fourth-order valence-corrected chi connectivity index (χ4v) is 2.18. The number of hydrogen-bond donors (Lipinski definition) is 2. The van der Waals surface area contributed by atoms with E-state index in [1.807, 2.05) is 45.0 Å². The van der Waals surface area contributed by atoms with Gasteiger partial charge in [0.2, 0.25) is 0 Å². The molecule has 0 saturated heterocycles. The Labute approximate surface area is 131 Å². The number of carbonyl (C=O) groups is 1. The maximum Gasteiger partial charge on any atom is 0.407 e. The van der Waals surface area contributed by atoms with E-state index in [2.05, 4.69) is 22.2 Å². The van der Waals surface area contributed by atoms with E-state index in [1.54, 1.807) is 0 Å². The zero-order valence-corrected chi connectivity index (χ0v) is 13.8. The van der Waals surface area contributed by atoms with E-state index in [0.29, 0.717) is 12.5 Å². The van der Waals surface area contributed by atoms with Crippen LogP contribution in [0.1, 0.15) is 39.9 Å². The molecule has 0 aliphatic heterocycles. The minimum Gasteiger partial charge on any atom is -0.444 e. The number of rotatable bonds is 5. The maximum atomic E-state index is 11.6. The Balaban J connectivity index is 1.75. The molecule has 120 valence electrons. The molecule has 0 radical (unpaired) electrons. The van der Waals surface area contributed by atoms with Gasteiger partial charge < -0.3 is 15.0 Å². The first-order valence-corrected chi connectivity index (χ1v) is 7.74. The van der Waals surface area contributed by atoms with Gasteiger partial charge in [-0.2, -0.15) is 0 Å². The van der Waals surface area contributed by atoms with Gasteiger partial charge in [0.15, 0.2) is 0 Å². The predicted molar refractivity (Wildman–Crippen MR) is 87.8 cm³/mol. The van der Waals surface area contributed by atoms with Crippen LogP contribution in [-0.4, -0.2) is 28.2 Å². The number of para-hydroxylation sites is 2. The Morgan fingerprint density at radius 1 is 1.36 bits per heavy atom. The van der Waals surface area contributed by atoms with Crippen LogP contribution in [0.15, 0.2) is 24.3 Å². The van der Waals surface area contributed by atoms with Crippen molar-refractivity contribution >= 4 is 17.1 Å². The Kier molecular flexibility index (Phi) is 5.06. The van der Waals surface area contributed by atoms with Gasteiger partial charge in [-0.1, -0.05) is 19.1 Å². The van der Waals surface area contributed by atoms with Crippen molar-refractivity contribution in [3.8, 4) is 0 Å². The van der Waals surface area contributed by atoms with E-state index in [4.69, 9.17) is 4.74 Å². The monoisotopic (exact) mass is 303 g/mol. The third kappa shape index (κ3) is 5.06. The van der Waals surface area contributed by atoms with Crippen molar-refractivity contribution in [2.24, 2.45) is 5.92 Å². The highest BCUT2D eigenvalue weighted by Crippen LogP contribution is 2.13. The highest BCUT2D eigenvalue weighted by molar-refractivity contribution is 5.74. The van der Waals surface area contributed by atoms with Crippen molar-refractivity contribution in [3.05, 3.63) is 30.1 Å². The number of fused-ring (bicyclic) bond motifs is 1. The first-order valence-electron chi connectivity index (χ1n) is 7.74. The van der Waals surface area contributed by atoms with Gasteiger partial charge in [-0.3, -0.25) is 0 Å². The second-order valence-corrected chi connectivity index (χ2v) is 6.73. The molecule has 1 aromatic heterocycles. The molecule has 1 amide bonds. The minimum absolute atomic E-state index is 0.358. The lowest BCUT2D eigenvalue weighted by atomic mass is 10.1. The quantitative estimate of drug-likeness (QED) is 0.886. The van der Waals surface area contributed by atoms with E-state index in [0.717, 1.165) is 29.7 Å². The summed E-state index contributed by atoms with van der Waals surface area (Å²) in [4.78, 5) is 19.5. The number of aromatic amines is 1. The van der Waals surface area contributed by atoms with E-state index >= 15 is 0 Å². The van der Waals surface area contributed by atoms with Crippen LogP contribution in [0, 0.1) is 5.92 Å². The number of imidazole rings is 1. The van der Waals surface area contributed by atoms with Gasteiger partial charge in [0, 0.05) is 13.0 Å². The van der Waals surface area contributed by atoms with Crippen molar-refractivity contribution in [2.45, 2.75) is 46.1 Å². The van der Waals surface area contributed by atoms with Gasteiger partial charge >= 0.3 is 6.09 Å². The summed E-state index contributed by atoms with van der Waals surface area (Å²) in [6.45, 7) is 8.29. The van der Waals surface area contributed by atoms with Crippen LogP contribution >= 0.6 is 0 Å². The molecule has 2 rings (SSSR count). The molecule has 2 aromatic rings. The number of hydrogen-bond acceptors (Lipinski definition) is 3. The molecule has 0 aliphatic rings. The zero-order chi connectivity index (χ0) is 16.2. The standard InChI is InChI=1S/C17H25N3O2/c1-12(11-18-16(21)22-17(2,3)4)9-10-15-19-13-7-5-6-8-14(13)20-15/h5-8,12H,9-11H2,1-4H3,(H,18,21)(H,19,20). The van der Waals surface area contributed by atoms with Crippen molar-refractivity contribution in [1.82, 2.24) is 15.3 Å². The molecule has 0 spiro atoms. The second kappa shape index (κ2) is 6.81. The second-order valence-electron chi connectivity index (χ2n) is 6.73. The Hall–Kier alpha value is -2.04. The van der Waals surface area contributed by atoms with E-state index in [1.165, 1.54) is 0 Å². The Morgan fingerprint density at radius 2 is 2.09 bits per heavy atom. The molecule has 22 heavy (non-hydrogen) atoms. The summed E-state index contributed by atoms with van der Waals surface area (Å²) < 4.78 is 5.22. The number of nitrogens with one attached hydrogen (secondary N) is 2. The van der Waals surface area contributed by atoms with Crippen LogP contribution in [0.5, 0.6) is 0 Å². The number of benzene rings is 1. The Morgan fingerprint density at radius 3 is 2.77 bits per heavy atom. The summed E-state index contributed by atoms with van der Waals surface area (Å²) in [6, 6.07) is 8.01. The summed E-state index contributed by atoms with van der Waals surface area (Å²) in [5, 5.41) is 2.81. The van der Waals surface area contributed by atoms with Crippen LogP contribution in [0.2, 0.25) is 0 Å². The van der Waals surface area contributed by atoms with Crippen LogP contribution < -0.4 is 5.32 Å². The number of aromatic nitrogens is 2. The van der Waals surface area contributed by atoms with Crippen molar-refractivity contribution in [3.63, 3.8) is 0 Å².